The molecule has 2 N–H and O–H groups in total. The van der Waals surface area contributed by atoms with Gasteiger partial charge in [-0.25, -0.2) is 0 Å². The molecule has 14 heteroatoms. The molecule has 0 saturated heterocycles. The predicted molar refractivity (Wildman–Crippen MR) is 269 cm³/mol. The molecule has 6 aliphatic rings. The Morgan fingerprint density at radius 2 is 1.03 bits per heavy atom. The standard InChI is InChI=1S/2C28H32ClNO5/c2*1-34-27(33)22(14-26(31)32)19-7-10-25-24(13-19)30(15-18-4-2-5-18)16-28(17-35-25)11-3-6-20-12-21(29)8-9-23(20)28/h2*7-10,12-13,18,22H,2-6,11,14-17H2,1H3,(H,31,32)/t22-,28+;22-,28-/m10/s1. The van der Waals surface area contributed by atoms with Gasteiger partial charge in [0.05, 0.1) is 63.5 Å². The number of halogens is 2. The van der Waals surface area contributed by atoms with E-state index in [-0.39, 0.29) is 23.7 Å². The summed E-state index contributed by atoms with van der Waals surface area (Å²) in [5.74, 6) is -2.04. The molecular weight excluding hydrogens is 932 g/mol. The van der Waals surface area contributed by atoms with Crippen LogP contribution in [0.1, 0.15) is 122 Å². The van der Waals surface area contributed by atoms with E-state index in [2.05, 4.69) is 34.1 Å². The van der Waals surface area contributed by atoms with Crippen LogP contribution in [0.25, 0.3) is 0 Å². The van der Waals surface area contributed by atoms with Crippen molar-refractivity contribution in [3.8, 4) is 11.5 Å². The number of carboxylic acid groups (broad SMARTS) is 2. The molecule has 0 bridgehead atoms. The third-order valence-electron chi connectivity index (χ3n) is 16.1. The van der Waals surface area contributed by atoms with Crippen LogP contribution in [-0.4, -0.2) is 87.7 Å². The summed E-state index contributed by atoms with van der Waals surface area (Å²) in [4.78, 5) is 52.8. The summed E-state index contributed by atoms with van der Waals surface area (Å²) in [5, 5.41) is 20.4. The molecule has 4 aliphatic carbocycles. The fourth-order valence-corrected chi connectivity index (χ4v) is 12.4. The van der Waals surface area contributed by atoms with E-state index >= 15 is 0 Å². The third-order valence-corrected chi connectivity index (χ3v) is 16.5. The Labute approximate surface area is 420 Å². The largest absolute Gasteiger partial charge is 0.490 e. The number of hydrogen-bond acceptors (Lipinski definition) is 10. The molecule has 2 fully saturated rings. The van der Waals surface area contributed by atoms with Gasteiger partial charge in [-0.1, -0.05) is 60.3 Å². The first-order valence-corrected chi connectivity index (χ1v) is 25.7. The van der Waals surface area contributed by atoms with E-state index in [0.29, 0.717) is 36.2 Å². The van der Waals surface area contributed by atoms with Crippen LogP contribution < -0.4 is 19.3 Å². The fourth-order valence-electron chi connectivity index (χ4n) is 12.0. The first-order chi connectivity index (χ1) is 33.8. The Bertz CT molecular complexity index is 2440. The SMILES string of the molecule is COC(=O)[C@@H](CC(=O)O)c1ccc2c(c1)N(CC1CCC1)C[C@@]1(CCCc3cc(Cl)ccc31)CO2.COC(=O)[C@H](CC(=O)O)c1ccc2c(c1)N(CC1CCC1)C[C@@]1(CCCc3cc(Cl)ccc31)CO2. The van der Waals surface area contributed by atoms with Gasteiger partial charge in [-0.2, -0.15) is 0 Å². The zero-order chi connectivity index (χ0) is 49.2. The number of hydrogen-bond donors (Lipinski definition) is 2. The van der Waals surface area contributed by atoms with Gasteiger partial charge < -0.3 is 39.0 Å². The van der Waals surface area contributed by atoms with Crippen LogP contribution in [0.4, 0.5) is 11.4 Å². The number of rotatable bonds is 12. The van der Waals surface area contributed by atoms with Crippen LogP contribution in [0.2, 0.25) is 10.0 Å². The van der Waals surface area contributed by atoms with Gasteiger partial charge >= 0.3 is 23.9 Å². The summed E-state index contributed by atoms with van der Waals surface area (Å²) >= 11 is 12.7. The van der Waals surface area contributed by atoms with Crippen molar-refractivity contribution < 1.29 is 48.3 Å². The summed E-state index contributed by atoms with van der Waals surface area (Å²) in [6.07, 6.45) is 13.0. The lowest BCUT2D eigenvalue weighted by Crippen LogP contribution is -2.47. The van der Waals surface area contributed by atoms with E-state index in [1.807, 2.05) is 36.4 Å². The van der Waals surface area contributed by atoms with Crippen LogP contribution in [0.15, 0.2) is 72.8 Å². The number of aliphatic carboxylic acids is 2. The number of anilines is 2. The Morgan fingerprint density at radius 1 is 0.614 bits per heavy atom. The van der Waals surface area contributed by atoms with E-state index in [0.717, 1.165) is 97.6 Å². The molecule has 0 aromatic heterocycles. The maximum absolute atomic E-state index is 12.5. The predicted octanol–water partition coefficient (Wildman–Crippen LogP) is 10.7. The highest BCUT2D eigenvalue weighted by molar-refractivity contribution is 6.31. The quantitative estimate of drug-likeness (QED) is 0.130. The normalized spacial score (nSPS) is 22.3. The number of benzene rings is 4. The number of esters is 2. The first kappa shape index (κ1) is 49.5. The minimum atomic E-state index is -1.03. The summed E-state index contributed by atoms with van der Waals surface area (Å²) in [5.41, 5.74) is 8.10. The molecule has 4 atom stereocenters. The van der Waals surface area contributed by atoms with Crippen molar-refractivity contribution in [1.29, 1.82) is 0 Å². The van der Waals surface area contributed by atoms with Gasteiger partial charge in [0, 0.05) is 47.1 Å². The molecule has 372 valence electrons. The molecule has 2 heterocycles. The van der Waals surface area contributed by atoms with Crippen LogP contribution in [-0.2, 0) is 52.3 Å². The van der Waals surface area contributed by atoms with Crippen molar-refractivity contribution in [2.45, 2.75) is 113 Å². The summed E-state index contributed by atoms with van der Waals surface area (Å²) in [6.45, 7) is 4.63. The molecule has 2 spiro atoms. The number of nitrogens with zero attached hydrogens (tertiary/aromatic N) is 2. The van der Waals surface area contributed by atoms with Gasteiger partial charge in [0.25, 0.3) is 0 Å². The van der Waals surface area contributed by atoms with Crippen molar-refractivity contribution in [3.63, 3.8) is 0 Å². The second-order valence-electron chi connectivity index (χ2n) is 20.6. The lowest BCUT2D eigenvalue weighted by molar-refractivity contribution is -0.147. The van der Waals surface area contributed by atoms with Gasteiger partial charge in [-0.15, -0.1) is 0 Å². The van der Waals surface area contributed by atoms with Crippen molar-refractivity contribution in [2.75, 3.05) is 63.4 Å². The monoisotopic (exact) mass is 994 g/mol. The Hall–Kier alpha value is -5.46. The molecule has 4 aromatic carbocycles. The van der Waals surface area contributed by atoms with Gasteiger partial charge in [0.1, 0.15) is 11.5 Å². The Morgan fingerprint density at radius 3 is 1.39 bits per heavy atom. The van der Waals surface area contributed by atoms with Gasteiger partial charge in [-0.05, 0) is 158 Å². The smallest absolute Gasteiger partial charge is 0.313 e. The molecule has 70 heavy (non-hydrogen) atoms. The molecule has 0 radical (unpaired) electrons. The number of carbonyl (C=O) groups is 4. The van der Waals surface area contributed by atoms with Gasteiger partial charge in [0.2, 0.25) is 0 Å². The van der Waals surface area contributed by atoms with E-state index in [4.69, 9.17) is 42.1 Å². The van der Waals surface area contributed by atoms with Crippen molar-refractivity contribution in [2.24, 2.45) is 11.8 Å². The van der Waals surface area contributed by atoms with Gasteiger partial charge in [-0.3, -0.25) is 19.2 Å². The number of carboxylic acids is 2. The molecule has 0 amide bonds. The van der Waals surface area contributed by atoms with E-state index in [1.165, 1.54) is 75.0 Å². The van der Waals surface area contributed by atoms with Crippen LogP contribution in [0, 0.1) is 11.8 Å². The molecule has 4 aromatic rings. The molecule has 2 saturated carbocycles. The number of fused-ring (bicyclic) bond motifs is 6. The van der Waals surface area contributed by atoms with Crippen LogP contribution in [0.3, 0.4) is 0 Å². The van der Waals surface area contributed by atoms with Crippen molar-refractivity contribution in [3.05, 3.63) is 116 Å². The molecular formula is C56H64Cl2N2O10. The number of aryl methyl sites for hydroxylation is 2. The zero-order valence-corrected chi connectivity index (χ0v) is 41.7. The van der Waals surface area contributed by atoms with Crippen LogP contribution in [0.5, 0.6) is 11.5 Å². The average molecular weight is 996 g/mol. The van der Waals surface area contributed by atoms with Crippen molar-refractivity contribution in [1.82, 2.24) is 0 Å². The second-order valence-corrected chi connectivity index (χ2v) is 21.5. The maximum Gasteiger partial charge on any atom is 0.313 e. The molecule has 10 rings (SSSR count). The average Bonchev–Trinajstić information content (AvgIpc) is 3.57. The maximum atomic E-state index is 12.5. The number of carbonyl (C=O) groups excluding carboxylic acids is 2. The Balaban J connectivity index is 0.000000174. The highest BCUT2D eigenvalue weighted by Gasteiger charge is 2.44. The lowest BCUT2D eigenvalue weighted by Gasteiger charge is -2.42. The minimum Gasteiger partial charge on any atom is -0.490 e. The summed E-state index contributed by atoms with van der Waals surface area (Å²) in [7, 11) is 2.59. The zero-order valence-electron chi connectivity index (χ0n) is 40.2. The number of ether oxygens (including phenoxy) is 4. The van der Waals surface area contributed by atoms with E-state index in [9.17, 15) is 29.4 Å². The summed E-state index contributed by atoms with van der Waals surface area (Å²) < 4.78 is 22.8. The Kier molecular flexibility index (Phi) is 14.9. The summed E-state index contributed by atoms with van der Waals surface area (Å²) in [6, 6.07) is 23.8. The van der Waals surface area contributed by atoms with Crippen LogP contribution >= 0.6 is 23.2 Å². The highest BCUT2D eigenvalue weighted by Crippen LogP contribution is 2.48. The fraction of sp³-hybridized carbons (Fsp3) is 0.500. The third kappa shape index (κ3) is 10.5. The van der Waals surface area contributed by atoms with E-state index < -0.39 is 35.7 Å². The highest BCUT2D eigenvalue weighted by atomic mass is 35.5. The first-order valence-electron chi connectivity index (χ1n) is 25.0. The molecule has 12 nitrogen and oxygen atoms in total. The van der Waals surface area contributed by atoms with Crippen molar-refractivity contribution >= 4 is 58.5 Å². The number of methoxy groups -OCH3 is 2. The second kappa shape index (κ2) is 21.1. The minimum absolute atomic E-state index is 0.149. The molecule has 2 aliphatic heterocycles. The van der Waals surface area contributed by atoms with Gasteiger partial charge in [0.15, 0.2) is 0 Å². The van der Waals surface area contributed by atoms with E-state index in [1.54, 1.807) is 12.1 Å². The topological polar surface area (TPSA) is 152 Å². The lowest BCUT2D eigenvalue weighted by atomic mass is 9.70. The molecule has 0 unspecified atom stereocenters.